The van der Waals surface area contributed by atoms with Gasteiger partial charge in [0.05, 0.1) is 12.3 Å². The first kappa shape index (κ1) is 22.9. The lowest BCUT2D eigenvalue weighted by Gasteiger charge is -2.11. The number of nitrogens with zero attached hydrogens (tertiary/aromatic N) is 3. The van der Waals surface area contributed by atoms with Gasteiger partial charge in [0.15, 0.2) is 11.0 Å². The standard InChI is InChI=1S/C27H24FN5OS/c28-22-12-10-20(11-13-22)26-31-32-27(33(26)17-19-6-2-1-3-7-19)35-18-25(34)29-15-14-21-16-30-24-9-5-4-8-23(21)24/h1-13,16,30H,14-15,17-18H2,(H,29,34). The normalized spacial score (nSPS) is 11.1. The summed E-state index contributed by atoms with van der Waals surface area (Å²) >= 11 is 1.34. The summed E-state index contributed by atoms with van der Waals surface area (Å²) in [5.74, 6) is 0.495. The van der Waals surface area contributed by atoms with Crippen molar-refractivity contribution in [2.24, 2.45) is 0 Å². The van der Waals surface area contributed by atoms with Crippen LogP contribution < -0.4 is 5.32 Å². The zero-order valence-electron chi connectivity index (χ0n) is 18.9. The van der Waals surface area contributed by atoms with Gasteiger partial charge in [-0.1, -0.05) is 60.3 Å². The van der Waals surface area contributed by atoms with Gasteiger partial charge >= 0.3 is 0 Å². The predicted molar refractivity (Wildman–Crippen MR) is 137 cm³/mol. The zero-order chi connectivity index (χ0) is 24.0. The molecular weight excluding hydrogens is 461 g/mol. The molecule has 0 spiro atoms. The van der Waals surface area contributed by atoms with Crippen molar-refractivity contribution in [3.63, 3.8) is 0 Å². The summed E-state index contributed by atoms with van der Waals surface area (Å²) < 4.78 is 15.4. The van der Waals surface area contributed by atoms with Crippen molar-refractivity contribution in [1.82, 2.24) is 25.1 Å². The molecule has 176 valence electrons. The molecule has 0 unspecified atom stereocenters. The number of nitrogens with one attached hydrogen (secondary N) is 2. The number of para-hydroxylation sites is 1. The molecule has 0 saturated heterocycles. The van der Waals surface area contributed by atoms with Crippen molar-refractivity contribution in [3.8, 4) is 11.4 Å². The molecule has 3 aromatic carbocycles. The molecular formula is C27H24FN5OS. The number of thioether (sulfide) groups is 1. The topological polar surface area (TPSA) is 75.6 Å². The van der Waals surface area contributed by atoms with Gasteiger partial charge in [0.1, 0.15) is 5.82 Å². The van der Waals surface area contributed by atoms with Crippen molar-refractivity contribution in [3.05, 3.63) is 102 Å². The molecule has 2 heterocycles. The lowest BCUT2D eigenvalue weighted by molar-refractivity contribution is -0.118. The van der Waals surface area contributed by atoms with Crippen LogP contribution in [0.2, 0.25) is 0 Å². The number of halogens is 1. The number of aromatic nitrogens is 4. The van der Waals surface area contributed by atoms with Crippen LogP contribution >= 0.6 is 11.8 Å². The molecule has 8 heteroatoms. The van der Waals surface area contributed by atoms with E-state index in [1.807, 2.05) is 59.3 Å². The molecule has 0 radical (unpaired) electrons. The number of carbonyl (C=O) groups excluding carboxylic acids is 1. The molecule has 0 saturated carbocycles. The Labute approximate surface area is 206 Å². The van der Waals surface area contributed by atoms with Crippen LogP contribution in [0.5, 0.6) is 0 Å². The summed E-state index contributed by atoms with van der Waals surface area (Å²) in [6.45, 7) is 1.10. The highest BCUT2D eigenvalue weighted by Gasteiger charge is 2.16. The fourth-order valence-corrected chi connectivity index (χ4v) is 4.74. The zero-order valence-corrected chi connectivity index (χ0v) is 19.8. The highest BCUT2D eigenvalue weighted by molar-refractivity contribution is 7.99. The van der Waals surface area contributed by atoms with Crippen molar-refractivity contribution >= 4 is 28.6 Å². The van der Waals surface area contributed by atoms with Crippen molar-refractivity contribution in [2.45, 2.75) is 18.1 Å². The van der Waals surface area contributed by atoms with Crippen molar-refractivity contribution in [2.75, 3.05) is 12.3 Å². The van der Waals surface area contributed by atoms with E-state index in [2.05, 4.69) is 26.6 Å². The number of H-pyrrole nitrogens is 1. The number of rotatable bonds is 9. The Kier molecular flexibility index (Phi) is 6.90. The summed E-state index contributed by atoms with van der Waals surface area (Å²) in [4.78, 5) is 15.8. The Morgan fingerprint density at radius 1 is 0.971 bits per heavy atom. The van der Waals surface area contributed by atoms with Gasteiger partial charge in [-0.15, -0.1) is 10.2 Å². The molecule has 0 atom stereocenters. The second kappa shape index (κ2) is 10.6. The number of fused-ring (bicyclic) bond motifs is 1. The van der Waals surface area contributed by atoms with E-state index >= 15 is 0 Å². The largest absolute Gasteiger partial charge is 0.361 e. The molecule has 0 aliphatic rings. The van der Waals surface area contributed by atoms with Gasteiger partial charge in [0.25, 0.3) is 0 Å². The summed E-state index contributed by atoms with van der Waals surface area (Å²) in [5, 5.41) is 13.5. The predicted octanol–water partition coefficient (Wildman–Crippen LogP) is 5.06. The first-order valence-electron chi connectivity index (χ1n) is 11.3. The van der Waals surface area contributed by atoms with Crippen LogP contribution in [0.25, 0.3) is 22.3 Å². The number of amides is 1. The molecule has 6 nitrogen and oxygen atoms in total. The SMILES string of the molecule is O=C(CSc1nnc(-c2ccc(F)cc2)n1Cc1ccccc1)NCCc1c[nH]c2ccccc12. The van der Waals surface area contributed by atoms with Gasteiger partial charge < -0.3 is 10.3 Å². The third-order valence-electron chi connectivity index (χ3n) is 5.73. The van der Waals surface area contributed by atoms with Crippen molar-refractivity contribution < 1.29 is 9.18 Å². The van der Waals surface area contributed by atoms with Gasteiger partial charge in [-0.2, -0.15) is 0 Å². The Balaban J connectivity index is 1.25. The highest BCUT2D eigenvalue weighted by atomic mass is 32.2. The fraction of sp³-hybridized carbons (Fsp3) is 0.148. The lowest BCUT2D eigenvalue weighted by atomic mass is 10.1. The first-order chi connectivity index (χ1) is 17.2. The summed E-state index contributed by atoms with van der Waals surface area (Å²) in [6, 6.07) is 24.3. The first-order valence-corrected chi connectivity index (χ1v) is 12.3. The highest BCUT2D eigenvalue weighted by Crippen LogP contribution is 2.25. The van der Waals surface area contributed by atoms with Crippen LogP contribution in [0.4, 0.5) is 4.39 Å². The molecule has 0 aliphatic carbocycles. The van der Waals surface area contributed by atoms with Crippen LogP contribution in [-0.2, 0) is 17.8 Å². The van der Waals surface area contributed by atoms with Crippen molar-refractivity contribution in [1.29, 1.82) is 0 Å². The second-order valence-electron chi connectivity index (χ2n) is 8.13. The monoisotopic (exact) mass is 485 g/mol. The van der Waals surface area contributed by atoms with Gasteiger partial charge in [0.2, 0.25) is 5.91 Å². The number of benzene rings is 3. The number of carbonyl (C=O) groups is 1. The minimum atomic E-state index is -0.304. The van der Waals surface area contributed by atoms with E-state index in [1.54, 1.807) is 12.1 Å². The summed E-state index contributed by atoms with van der Waals surface area (Å²) in [6.07, 6.45) is 2.74. The Hall–Kier alpha value is -3.91. The second-order valence-corrected chi connectivity index (χ2v) is 9.08. The van der Waals surface area contributed by atoms with Gasteiger partial charge in [0, 0.05) is 29.2 Å². The number of aromatic amines is 1. The molecule has 0 aliphatic heterocycles. The average molecular weight is 486 g/mol. The molecule has 0 bridgehead atoms. The third-order valence-corrected chi connectivity index (χ3v) is 6.69. The van der Waals surface area contributed by atoms with Gasteiger partial charge in [-0.3, -0.25) is 9.36 Å². The van der Waals surface area contributed by atoms with E-state index < -0.39 is 0 Å². The lowest BCUT2D eigenvalue weighted by Crippen LogP contribution is -2.27. The minimum absolute atomic E-state index is 0.0626. The molecule has 35 heavy (non-hydrogen) atoms. The van der Waals surface area contributed by atoms with E-state index in [9.17, 15) is 9.18 Å². The Bertz CT molecular complexity index is 1430. The molecule has 5 rings (SSSR count). The van der Waals surface area contributed by atoms with Crippen LogP contribution in [0.15, 0.2) is 90.2 Å². The number of hydrogen-bond acceptors (Lipinski definition) is 4. The molecule has 5 aromatic rings. The van der Waals surface area contributed by atoms with Crippen LogP contribution in [-0.4, -0.2) is 38.0 Å². The molecule has 2 N–H and O–H groups in total. The van der Waals surface area contributed by atoms with Gasteiger partial charge in [-0.25, -0.2) is 4.39 Å². The molecule has 0 fully saturated rings. The van der Waals surface area contributed by atoms with E-state index in [-0.39, 0.29) is 17.5 Å². The number of hydrogen-bond donors (Lipinski definition) is 2. The summed E-state index contributed by atoms with van der Waals surface area (Å²) in [7, 11) is 0. The van der Waals surface area contributed by atoms with E-state index in [0.717, 1.165) is 23.1 Å². The Morgan fingerprint density at radius 2 is 1.74 bits per heavy atom. The minimum Gasteiger partial charge on any atom is -0.361 e. The average Bonchev–Trinajstić information content (AvgIpc) is 3.48. The van der Waals surface area contributed by atoms with E-state index in [1.165, 1.54) is 34.8 Å². The third kappa shape index (κ3) is 5.44. The molecule has 1 amide bonds. The maximum atomic E-state index is 13.4. The van der Waals surface area contributed by atoms with Crippen LogP contribution in [0, 0.1) is 5.82 Å². The fourth-order valence-electron chi connectivity index (χ4n) is 3.97. The quantitative estimate of drug-likeness (QED) is 0.286. The maximum absolute atomic E-state index is 13.4. The van der Waals surface area contributed by atoms with Crippen LogP contribution in [0.1, 0.15) is 11.1 Å². The maximum Gasteiger partial charge on any atom is 0.230 e. The smallest absolute Gasteiger partial charge is 0.230 e. The van der Waals surface area contributed by atoms with Crippen LogP contribution in [0.3, 0.4) is 0 Å². The molecule has 2 aromatic heterocycles. The Morgan fingerprint density at radius 3 is 2.57 bits per heavy atom. The van der Waals surface area contributed by atoms with Gasteiger partial charge in [-0.05, 0) is 47.9 Å². The van der Waals surface area contributed by atoms with E-state index in [4.69, 9.17) is 0 Å². The summed E-state index contributed by atoms with van der Waals surface area (Å²) in [5.41, 5.74) is 4.13. The van der Waals surface area contributed by atoms with E-state index in [0.29, 0.717) is 24.1 Å².